The summed E-state index contributed by atoms with van der Waals surface area (Å²) in [6, 6.07) is 6.82. The number of hydrogen-bond donors (Lipinski definition) is 2. The molecule has 1 aromatic rings. The van der Waals surface area contributed by atoms with Gasteiger partial charge in [0.25, 0.3) is 0 Å². The molecule has 1 fully saturated rings. The number of aryl methyl sites for hydroxylation is 1. The maximum absolute atomic E-state index is 12.5. The van der Waals surface area contributed by atoms with Gasteiger partial charge >= 0.3 is 5.97 Å². The van der Waals surface area contributed by atoms with Crippen LogP contribution >= 0.6 is 0 Å². The van der Waals surface area contributed by atoms with Crippen molar-refractivity contribution in [3.05, 3.63) is 35.4 Å². The Morgan fingerprint density at radius 1 is 1.23 bits per heavy atom. The molecule has 142 valence electrons. The van der Waals surface area contributed by atoms with Gasteiger partial charge < -0.3 is 15.3 Å². The van der Waals surface area contributed by atoms with Gasteiger partial charge in [-0.1, -0.05) is 25.1 Å². The van der Waals surface area contributed by atoms with Gasteiger partial charge in [0.1, 0.15) is 0 Å². The van der Waals surface area contributed by atoms with E-state index in [0.717, 1.165) is 25.8 Å². The fourth-order valence-corrected chi connectivity index (χ4v) is 3.38. The van der Waals surface area contributed by atoms with Crippen molar-refractivity contribution < 1.29 is 19.5 Å². The predicted octanol–water partition coefficient (Wildman–Crippen LogP) is 2.47. The summed E-state index contributed by atoms with van der Waals surface area (Å²) >= 11 is 0. The lowest BCUT2D eigenvalue weighted by Crippen LogP contribution is -2.43. The zero-order chi connectivity index (χ0) is 18.9. The number of benzene rings is 1. The first-order valence-corrected chi connectivity index (χ1v) is 9.37. The Bertz CT molecular complexity index is 644. The topological polar surface area (TPSA) is 86.7 Å². The lowest BCUT2D eigenvalue weighted by molar-refractivity contribution is -0.132. The van der Waals surface area contributed by atoms with E-state index in [2.05, 4.69) is 5.32 Å². The van der Waals surface area contributed by atoms with Crippen LogP contribution in [0.1, 0.15) is 54.9 Å². The molecule has 0 radical (unpaired) electrons. The average molecular weight is 360 g/mol. The highest BCUT2D eigenvalue weighted by atomic mass is 16.4. The molecule has 1 atom stereocenters. The Kier molecular flexibility index (Phi) is 7.63. The zero-order valence-corrected chi connectivity index (χ0v) is 15.4. The van der Waals surface area contributed by atoms with Crippen molar-refractivity contribution in [2.75, 3.05) is 19.6 Å². The van der Waals surface area contributed by atoms with Crippen molar-refractivity contribution in [2.24, 2.45) is 5.92 Å². The van der Waals surface area contributed by atoms with Gasteiger partial charge in [-0.15, -0.1) is 0 Å². The standard InChI is InChI=1S/C20H28N2O4/c1-2-6-18(23)21-13-15-7-5-12-22(14-15)19(24)11-10-16-8-3-4-9-17(16)20(25)26/h3-4,8-9,15H,2,5-7,10-14H2,1H3,(H,21,23)(H,25,26). The first-order valence-electron chi connectivity index (χ1n) is 9.37. The van der Waals surface area contributed by atoms with E-state index >= 15 is 0 Å². The molecule has 0 saturated carbocycles. The summed E-state index contributed by atoms with van der Waals surface area (Å²) in [4.78, 5) is 37.2. The van der Waals surface area contributed by atoms with Crippen LogP contribution < -0.4 is 5.32 Å². The average Bonchev–Trinajstić information content (AvgIpc) is 2.65. The van der Waals surface area contributed by atoms with E-state index in [1.807, 2.05) is 11.8 Å². The normalized spacial score (nSPS) is 17.0. The van der Waals surface area contributed by atoms with Gasteiger partial charge in [0.15, 0.2) is 0 Å². The van der Waals surface area contributed by atoms with Crippen LogP contribution in [-0.2, 0) is 16.0 Å². The maximum Gasteiger partial charge on any atom is 0.335 e. The van der Waals surface area contributed by atoms with E-state index in [0.29, 0.717) is 43.8 Å². The van der Waals surface area contributed by atoms with Crippen molar-refractivity contribution in [1.82, 2.24) is 10.2 Å². The lowest BCUT2D eigenvalue weighted by atomic mass is 9.97. The van der Waals surface area contributed by atoms with Gasteiger partial charge in [0.2, 0.25) is 11.8 Å². The third-order valence-electron chi connectivity index (χ3n) is 4.79. The Balaban J connectivity index is 1.84. The molecule has 0 aromatic heterocycles. The van der Waals surface area contributed by atoms with Crippen LogP contribution in [0.3, 0.4) is 0 Å². The van der Waals surface area contributed by atoms with E-state index < -0.39 is 5.97 Å². The van der Waals surface area contributed by atoms with E-state index in [1.54, 1.807) is 24.3 Å². The number of rotatable bonds is 8. The second-order valence-electron chi connectivity index (χ2n) is 6.86. The molecule has 1 aliphatic heterocycles. The van der Waals surface area contributed by atoms with Gasteiger partial charge in [-0.2, -0.15) is 0 Å². The molecule has 2 rings (SSSR count). The van der Waals surface area contributed by atoms with E-state index in [-0.39, 0.29) is 17.4 Å². The minimum atomic E-state index is -0.964. The van der Waals surface area contributed by atoms with Crippen molar-refractivity contribution >= 4 is 17.8 Å². The van der Waals surface area contributed by atoms with Crippen LogP contribution in [0.15, 0.2) is 24.3 Å². The molecule has 2 N–H and O–H groups in total. The molecule has 1 saturated heterocycles. The number of hydrogen-bond acceptors (Lipinski definition) is 3. The van der Waals surface area contributed by atoms with Gasteiger partial charge in [-0.05, 0) is 43.2 Å². The summed E-state index contributed by atoms with van der Waals surface area (Å²) in [7, 11) is 0. The first-order chi connectivity index (χ1) is 12.5. The van der Waals surface area contributed by atoms with Crippen LogP contribution in [0, 0.1) is 5.92 Å². The summed E-state index contributed by atoms with van der Waals surface area (Å²) in [6.45, 7) is 3.98. The van der Waals surface area contributed by atoms with Crippen LogP contribution in [-0.4, -0.2) is 47.4 Å². The monoisotopic (exact) mass is 360 g/mol. The van der Waals surface area contributed by atoms with Gasteiger partial charge in [-0.3, -0.25) is 9.59 Å². The third kappa shape index (κ3) is 5.86. The number of carbonyl (C=O) groups excluding carboxylic acids is 2. The summed E-state index contributed by atoms with van der Waals surface area (Å²) in [5.41, 5.74) is 0.948. The smallest absolute Gasteiger partial charge is 0.335 e. The van der Waals surface area contributed by atoms with Gasteiger partial charge in [0.05, 0.1) is 5.56 Å². The van der Waals surface area contributed by atoms with Crippen molar-refractivity contribution in [3.8, 4) is 0 Å². The predicted molar refractivity (Wildman–Crippen MR) is 98.9 cm³/mol. The molecule has 2 amide bonds. The molecule has 0 spiro atoms. The third-order valence-corrected chi connectivity index (χ3v) is 4.79. The quantitative estimate of drug-likeness (QED) is 0.746. The number of likely N-dealkylation sites (tertiary alicyclic amines) is 1. The van der Waals surface area contributed by atoms with Crippen LogP contribution in [0.5, 0.6) is 0 Å². The maximum atomic E-state index is 12.5. The van der Waals surface area contributed by atoms with E-state index in [1.165, 1.54) is 0 Å². The highest BCUT2D eigenvalue weighted by Crippen LogP contribution is 2.18. The van der Waals surface area contributed by atoms with E-state index in [4.69, 9.17) is 0 Å². The minimum absolute atomic E-state index is 0.0507. The van der Waals surface area contributed by atoms with Crippen molar-refractivity contribution in [3.63, 3.8) is 0 Å². The summed E-state index contributed by atoms with van der Waals surface area (Å²) in [5.74, 6) is -0.551. The molecular weight excluding hydrogens is 332 g/mol. The fraction of sp³-hybridized carbons (Fsp3) is 0.550. The van der Waals surface area contributed by atoms with Crippen LogP contribution in [0.2, 0.25) is 0 Å². The number of aromatic carboxylic acids is 1. The van der Waals surface area contributed by atoms with E-state index in [9.17, 15) is 19.5 Å². The molecule has 6 nitrogen and oxygen atoms in total. The van der Waals surface area contributed by atoms with Crippen LogP contribution in [0.25, 0.3) is 0 Å². The summed E-state index contributed by atoms with van der Waals surface area (Å²) in [6.07, 6.45) is 4.05. The highest BCUT2D eigenvalue weighted by Gasteiger charge is 2.24. The fourth-order valence-electron chi connectivity index (χ4n) is 3.38. The SMILES string of the molecule is CCCC(=O)NCC1CCCN(C(=O)CCc2ccccc2C(=O)O)C1. The Morgan fingerprint density at radius 2 is 2.00 bits per heavy atom. The number of amides is 2. The number of nitrogens with zero attached hydrogens (tertiary/aromatic N) is 1. The second-order valence-corrected chi connectivity index (χ2v) is 6.86. The highest BCUT2D eigenvalue weighted by molar-refractivity contribution is 5.89. The van der Waals surface area contributed by atoms with Gasteiger partial charge in [-0.25, -0.2) is 4.79 Å². The Labute approximate surface area is 154 Å². The molecule has 0 aliphatic carbocycles. The van der Waals surface area contributed by atoms with Crippen LogP contribution in [0.4, 0.5) is 0 Å². The molecule has 6 heteroatoms. The molecule has 1 heterocycles. The van der Waals surface area contributed by atoms with Gasteiger partial charge in [0, 0.05) is 32.5 Å². The number of carbonyl (C=O) groups is 3. The number of carboxylic acid groups (broad SMARTS) is 1. The minimum Gasteiger partial charge on any atom is -0.478 e. The van der Waals surface area contributed by atoms with Crippen molar-refractivity contribution in [2.45, 2.75) is 45.4 Å². The molecule has 0 bridgehead atoms. The molecule has 1 unspecified atom stereocenters. The summed E-state index contributed by atoms with van der Waals surface area (Å²) in [5, 5.41) is 12.2. The number of piperidine rings is 1. The molecule has 1 aromatic carbocycles. The Morgan fingerprint density at radius 3 is 2.73 bits per heavy atom. The summed E-state index contributed by atoms with van der Waals surface area (Å²) < 4.78 is 0. The largest absolute Gasteiger partial charge is 0.478 e. The zero-order valence-electron chi connectivity index (χ0n) is 15.4. The second kappa shape index (κ2) is 9.94. The molecule has 1 aliphatic rings. The molecular formula is C20H28N2O4. The van der Waals surface area contributed by atoms with Crippen molar-refractivity contribution in [1.29, 1.82) is 0 Å². The number of nitrogens with one attached hydrogen (secondary N) is 1. The Hall–Kier alpha value is -2.37. The molecule has 26 heavy (non-hydrogen) atoms. The first kappa shape index (κ1) is 19.9. The lowest BCUT2D eigenvalue weighted by Gasteiger charge is -2.33. The number of carboxylic acids is 1.